The van der Waals surface area contributed by atoms with Gasteiger partial charge in [-0.1, -0.05) is 12.1 Å². The van der Waals surface area contributed by atoms with Crippen molar-refractivity contribution < 1.29 is 21.6 Å². The monoisotopic (exact) mass is 484 g/mol. The van der Waals surface area contributed by atoms with Gasteiger partial charge in [-0.25, -0.2) is 16.8 Å². The van der Waals surface area contributed by atoms with E-state index in [2.05, 4.69) is 20.1 Å². The zero-order valence-electron chi connectivity index (χ0n) is 18.4. The molecule has 178 valence electrons. The van der Waals surface area contributed by atoms with Crippen molar-refractivity contribution in [3.63, 3.8) is 0 Å². The van der Waals surface area contributed by atoms with Crippen molar-refractivity contribution in [3.05, 3.63) is 54.1 Å². The Kier molecular flexibility index (Phi) is 10.2. The second-order valence-corrected chi connectivity index (χ2v) is 10.9. The van der Waals surface area contributed by atoms with Crippen LogP contribution in [0.4, 0.5) is 11.4 Å². The molecule has 0 saturated heterocycles. The van der Waals surface area contributed by atoms with Crippen molar-refractivity contribution in [2.24, 2.45) is 0 Å². The van der Waals surface area contributed by atoms with Crippen molar-refractivity contribution in [1.82, 2.24) is 10.6 Å². The Morgan fingerprint density at radius 3 is 2.06 bits per heavy atom. The standard InChI is InChI=1S/C21H32N4O5S2/c1-22-13-3-17-32(28,29)25-20-6-4-18(5-7-20)12-14-23-15-16-30-21-10-8-19(9-11-21)24-31(2,26)27/h4-11,22-25H,3,12-17H2,1-2H3. The third-order valence-electron chi connectivity index (χ3n) is 4.36. The Hall–Kier alpha value is -2.34. The molecule has 0 amide bonds. The largest absolute Gasteiger partial charge is 0.492 e. The van der Waals surface area contributed by atoms with Crippen LogP contribution in [0.5, 0.6) is 5.75 Å². The van der Waals surface area contributed by atoms with Gasteiger partial charge in [-0.05, 0) is 74.9 Å². The molecule has 0 atom stereocenters. The van der Waals surface area contributed by atoms with Gasteiger partial charge in [-0.3, -0.25) is 9.44 Å². The Balaban J connectivity index is 1.64. The van der Waals surface area contributed by atoms with E-state index in [4.69, 9.17) is 4.74 Å². The quantitative estimate of drug-likeness (QED) is 0.283. The van der Waals surface area contributed by atoms with Gasteiger partial charge in [-0.2, -0.15) is 0 Å². The normalized spacial score (nSPS) is 11.8. The second kappa shape index (κ2) is 12.6. The van der Waals surface area contributed by atoms with Crippen molar-refractivity contribution in [3.8, 4) is 5.75 Å². The molecule has 2 aromatic rings. The van der Waals surface area contributed by atoms with Gasteiger partial charge in [0.05, 0.1) is 12.0 Å². The summed E-state index contributed by atoms with van der Waals surface area (Å²) in [5.74, 6) is 0.748. The highest BCUT2D eigenvalue weighted by Gasteiger charge is 2.09. The van der Waals surface area contributed by atoms with Gasteiger partial charge in [0.25, 0.3) is 0 Å². The van der Waals surface area contributed by atoms with Crippen LogP contribution in [0.3, 0.4) is 0 Å². The average molecular weight is 485 g/mol. The van der Waals surface area contributed by atoms with Crippen LogP contribution in [0, 0.1) is 0 Å². The van der Waals surface area contributed by atoms with Gasteiger partial charge in [0.1, 0.15) is 12.4 Å². The Bertz CT molecular complexity index is 1020. The molecule has 32 heavy (non-hydrogen) atoms. The van der Waals surface area contributed by atoms with E-state index < -0.39 is 20.0 Å². The summed E-state index contributed by atoms with van der Waals surface area (Å²) in [5, 5.41) is 6.23. The van der Waals surface area contributed by atoms with Crippen LogP contribution in [-0.4, -0.2) is 62.1 Å². The number of anilines is 2. The van der Waals surface area contributed by atoms with Crippen LogP contribution in [0.2, 0.25) is 0 Å². The molecule has 0 heterocycles. The number of sulfonamides is 2. The number of benzene rings is 2. The first-order valence-corrected chi connectivity index (χ1v) is 13.9. The molecule has 0 bridgehead atoms. The van der Waals surface area contributed by atoms with Crippen molar-refractivity contribution in [2.75, 3.05) is 54.7 Å². The maximum absolute atomic E-state index is 12.0. The zero-order chi connectivity index (χ0) is 23.5. The number of hydrogen-bond donors (Lipinski definition) is 4. The molecular weight excluding hydrogens is 452 g/mol. The average Bonchev–Trinajstić information content (AvgIpc) is 2.72. The maximum Gasteiger partial charge on any atom is 0.232 e. The Morgan fingerprint density at radius 1 is 0.812 bits per heavy atom. The summed E-state index contributed by atoms with van der Waals surface area (Å²) >= 11 is 0. The fourth-order valence-corrected chi connectivity index (χ4v) is 4.53. The predicted molar refractivity (Wildman–Crippen MR) is 129 cm³/mol. The molecule has 0 unspecified atom stereocenters. The molecule has 9 nitrogen and oxygen atoms in total. The molecule has 0 spiro atoms. The smallest absolute Gasteiger partial charge is 0.232 e. The van der Waals surface area contributed by atoms with Crippen LogP contribution in [0.25, 0.3) is 0 Å². The third-order valence-corrected chi connectivity index (χ3v) is 6.34. The Morgan fingerprint density at radius 2 is 1.44 bits per heavy atom. The van der Waals surface area contributed by atoms with Crippen molar-refractivity contribution in [2.45, 2.75) is 12.8 Å². The number of nitrogens with one attached hydrogen (secondary N) is 4. The first kappa shape index (κ1) is 25.9. The van der Waals surface area contributed by atoms with Gasteiger partial charge in [0.2, 0.25) is 20.0 Å². The molecule has 0 aliphatic carbocycles. The first-order valence-electron chi connectivity index (χ1n) is 10.3. The summed E-state index contributed by atoms with van der Waals surface area (Å²) in [6.45, 7) is 2.56. The molecule has 0 aliphatic heterocycles. The van der Waals surface area contributed by atoms with Gasteiger partial charge in [0.15, 0.2) is 0 Å². The summed E-state index contributed by atoms with van der Waals surface area (Å²) in [5.41, 5.74) is 2.16. The number of hydrogen-bond acceptors (Lipinski definition) is 7. The van der Waals surface area contributed by atoms with Gasteiger partial charge in [0, 0.05) is 17.9 Å². The van der Waals surface area contributed by atoms with Gasteiger partial charge < -0.3 is 15.4 Å². The van der Waals surface area contributed by atoms with Crippen LogP contribution in [0.15, 0.2) is 48.5 Å². The summed E-state index contributed by atoms with van der Waals surface area (Å²) in [6, 6.07) is 14.1. The highest BCUT2D eigenvalue weighted by atomic mass is 32.2. The molecule has 11 heteroatoms. The molecule has 0 aliphatic rings. The van der Waals surface area contributed by atoms with Crippen molar-refractivity contribution >= 4 is 31.4 Å². The molecule has 0 radical (unpaired) electrons. The fraction of sp³-hybridized carbons (Fsp3) is 0.429. The molecule has 0 fully saturated rings. The summed E-state index contributed by atoms with van der Waals surface area (Å²) < 4.78 is 57.1. The number of rotatable bonds is 15. The molecule has 0 saturated carbocycles. The van der Waals surface area contributed by atoms with E-state index in [1.54, 1.807) is 43.4 Å². The third kappa shape index (κ3) is 10.8. The van der Waals surface area contributed by atoms with E-state index in [-0.39, 0.29) is 5.75 Å². The van der Waals surface area contributed by atoms with E-state index >= 15 is 0 Å². The topological polar surface area (TPSA) is 126 Å². The molecule has 2 aromatic carbocycles. The highest BCUT2D eigenvalue weighted by Crippen LogP contribution is 2.16. The fourth-order valence-electron chi connectivity index (χ4n) is 2.84. The molecule has 2 rings (SSSR count). The zero-order valence-corrected chi connectivity index (χ0v) is 20.1. The van der Waals surface area contributed by atoms with Crippen LogP contribution in [0.1, 0.15) is 12.0 Å². The van der Waals surface area contributed by atoms with E-state index in [1.807, 2.05) is 12.1 Å². The Labute approximate surface area is 191 Å². The summed E-state index contributed by atoms with van der Waals surface area (Å²) in [6.07, 6.45) is 2.47. The van der Waals surface area contributed by atoms with Gasteiger partial charge in [-0.15, -0.1) is 0 Å². The van der Waals surface area contributed by atoms with E-state index in [0.717, 1.165) is 24.8 Å². The second-order valence-electron chi connectivity index (χ2n) is 7.32. The lowest BCUT2D eigenvalue weighted by Gasteiger charge is -2.10. The lowest BCUT2D eigenvalue weighted by molar-refractivity contribution is 0.314. The lowest BCUT2D eigenvalue weighted by atomic mass is 10.1. The highest BCUT2D eigenvalue weighted by molar-refractivity contribution is 7.92. The number of ether oxygens (including phenoxy) is 1. The maximum atomic E-state index is 12.0. The minimum atomic E-state index is -3.33. The minimum Gasteiger partial charge on any atom is -0.492 e. The molecule has 4 N–H and O–H groups in total. The molecular formula is C21H32N4O5S2. The minimum absolute atomic E-state index is 0.0866. The predicted octanol–water partition coefficient (Wildman–Crippen LogP) is 1.62. The van der Waals surface area contributed by atoms with Crippen LogP contribution in [-0.2, 0) is 26.5 Å². The SMILES string of the molecule is CNCCCS(=O)(=O)Nc1ccc(CCNCCOc2ccc(NS(C)(=O)=O)cc2)cc1. The van der Waals surface area contributed by atoms with Gasteiger partial charge >= 0.3 is 0 Å². The van der Waals surface area contributed by atoms with Crippen LogP contribution < -0.4 is 24.8 Å². The van der Waals surface area contributed by atoms with E-state index in [9.17, 15) is 16.8 Å². The lowest BCUT2D eigenvalue weighted by Crippen LogP contribution is -2.23. The van der Waals surface area contributed by atoms with E-state index in [0.29, 0.717) is 43.2 Å². The van der Waals surface area contributed by atoms with E-state index in [1.165, 1.54) is 0 Å². The van der Waals surface area contributed by atoms with Crippen molar-refractivity contribution in [1.29, 1.82) is 0 Å². The molecule has 0 aromatic heterocycles. The summed E-state index contributed by atoms with van der Waals surface area (Å²) in [4.78, 5) is 0. The first-order chi connectivity index (χ1) is 15.2. The van der Waals surface area contributed by atoms with Crippen LogP contribution >= 0.6 is 0 Å². The summed E-state index contributed by atoms with van der Waals surface area (Å²) in [7, 11) is -4.82.